The second-order valence-electron chi connectivity index (χ2n) is 5.93. The second-order valence-corrected chi connectivity index (χ2v) is 5.93. The molecule has 0 unspecified atom stereocenters. The molecule has 0 aliphatic carbocycles. The maximum absolute atomic E-state index is 12.6. The summed E-state index contributed by atoms with van der Waals surface area (Å²) < 4.78 is 2.77. The van der Waals surface area contributed by atoms with Crippen LogP contribution in [0.4, 0.5) is 0 Å². The normalized spacial score (nSPS) is 14.5. The van der Waals surface area contributed by atoms with Crippen molar-refractivity contribution < 1.29 is 0 Å². The third-order valence-electron chi connectivity index (χ3n) is 4.31. The van der Waals surface area contributed by atoms with E-state index in [1.807, 2.05) is 6.07 Å². The van der Waals surface area contributed by atoms with Crippen molar-refractivity contribution in [1.29, 1.82) is 0 Å². The molecule has 5 heteroatoms. The molecule has 3 rings (SSSR count). The highest BCUT2D eigenvalue weighted by atomic mass is 16.2. The molecule has 1 aliphatic rings. The van der Waals surface area contributed by atoms with Crippen LogP contribution < -0.4 is 11.2 Å². The number of rotatable bonds is 4. The van der Waals surface area contributed by atoms with E-state index in [2.05, 4.69) is 23.3 Å². The van der Waals surface area contributed by atoms with Crippen LogP contribution in [0.25, 0.3) is 10.9 Å². The predicted molar refractivity (Wildman–Crippen MR) is 96.1 cm³/mol. The smallest absolute Gasteiger partial charge is 0.292 e. The van der Waals surface area contributed by atoms with E-state index in [4.69, 9.17) is 0 Å². The lowest BCUT2D eigenvalue weighted by Gasteiger charge is -2.11. The van der Waals surface area contributed by atoms with Crippen LogP contribution in [0.3, 0.4) is 0 Å². The first-order valence-corrected chi connectivity index (χ1v) is 8.23. The molecule has 0 atom stereocenters. The summed E-state index contributed by atoms with van der Waals surface area (Å²) in [5.74, 6) is 6.22. The molecule has 0 amide bonds. The average Bonchev–Trinajstić information content (AvgIpc) is 3.11. The first-order chi connectivity index (χ1) is 11.7. The third-order valence-corrected chi connectivity index (χ3v) is 4.31. The molecule has 0 spiro atoms. The first-order valence-electron chi connectivity index (χ1n) is 8.23. The molecule has 1 fully saturated rings. The highest BCUT2D eigenvalue weighted by Gasteiger charge is 2.11. The van der Waals surface area contributed by atoms with Gasteiger partial charge in [-0.1, -0.05) is 30.0 Å². The Morgan fingerprint density at radius 3 is 2.50 bits per heavy atom. The van der Waals surface area contributed by atoms with Crippen LogP contribution in [-0.2, 0) is 13.1 Å². The van der Waals surface area contributed by atoms with E-state index in [0.717, 1.165) is 19.6 Å². The quantitative estimate of drug-likeness (QED) is 0.632. The molecule has 0 saturated carbocycles. The highest BCUT2D eigenvalue weighted by molar-refractivity contribution is 5.77. The van der Waals surface area contributed by atoms with Crippen molar-refractivity contribution >= 4 is 10.9 Å². The Kier molecular flexibility index (Phi) is 4.97. The molecule has 24 heavy (non-hydrogen) atoms. The standard InChI is InChI=1S/C19H21N3O2/c1-2-11-22-18(23)16-9-3-4-10-17(16)21(19(22)24)15-8-7-14-20-12-5-6-13-20/h2-4,9-10H,1,5-6,11-15H2. The van der Waals surface area contributed by atoms with Crippen LogP contribution in [0.2, 0.25) is 0 Å². The molecule has 0 bridgehead atoms. The van der Waals surface area contributed by atoms with Gasteiger partial charge in [0.25, 0.3) is 5.56 Å². The van der Waals surface area contributed by atoms with Crippen molar-refractivity contribution in [2.45, 2.75) is 25.9 Å². The SMILES string of the molecule is C=CCn1c(=O)c2ccccc2n(CC#CCN2CCCC2)c1=O. The van der Waals surface area contributed by atoms with Crippen LogP contribution in [0.15, 0.2) is 46.5 Å². The summed E-state index contributed by atoms with van der Waals surface area (Å²) in [4.78, 5) is 27.4. The van der Waals surface area contributed by atoms with Crippen LogP contribution in [-0.4, -0.2) is 33.7 Å². The molecule has 2 heterocycles. The van der Waals surface area contributed by atoms with E-state index < -0.39 is 0 Å². The number of hydrogen-bond donors (Lipinski definition) is 0. The van der Waals surface area contributed by atoms with Crippen molar-refractivity contribution in [3.63, 3.8) is 0 Å². The van der Waals surface area contributed by atoms with E-state index in [9.17, 15) is 9.59 Å². The number of likely N-dealkylation sites (tertiary alicyclic amines) is 1. The van der Waals surface area contributed by atoms with Gasteiger partial charge in [-0.3, -0.25) is 18.8 Å². The number of benzene rings is 1. The van der Waals surface area contributed by atoms with Crippen molar-refractivity contribution in [3.8, 4) is 11.8 Å². The predicted octanol–water partition coefficient (Wildman–Crippen LogP) is 1.45. The van der Waals surface area contributed by atoms with Crippen molar-refractivity contribution in [1.82, 2.24) is 14.0 Å². The summed E-state index contributed by atoms with van der Waals surface area (Å²) in [5.41, 5.74) is 0.00846. The van der Waals surface area contributed by atoms with Gasteiger partial charge in [-0.05, 0) is 38.1 Å². The molecule has 124 valence electrons. The van der Waals surface area contributed by atoms with Crippen molar-refractivity contribution in [2.75, 3.05) is 19.6 Å². The molecule has 1 aromatic heterocycles. The lowest BCUT2D eigenvalue weighted by atomic mass is 10.2. The van der Waals surface area contributed by atoms with Crippen molar-refractivity contribution in [3.05, 3.63) is 57.8 Å². The van der Waals surface area contributed by atoms with Gasteiger partial charge >= 0.3 is 5.69 Å². The van der Waals surface area contributed by atoms with E-state index in [-0.39, 0.29) is 24.3 Å². The summed E-state index contributed by atoms with van der Waals surface area (Å²) in [7, 11) is 0. The Morgan fingerprint density at radius 2 is 1.75 bits per heavy atom. The minimum absolute atomic E-state index is 0.198. The summed E-state index contributed by atoms with van der Waals surface area (Å²) in [6.45, 7) is 7.04. The summed E-state index contributed by atoms with van der Waals surface area (Å²) in [6, 6.07) is 7.16. The average molecular weight is 323 g/mol. The van der Waals surface area contributed by atoms with Gasteiger partial charge in [0.1, 0.15) is 0 Å². The molecule has 1 aliphatic heterocycles. The van der Waals surface area contributed by atoms with Gasteiger partial charge in [-0.25, -0.2) is 4.79 Å². The fourth-order valence-electron chi connectivity index (χ4n) is 3.06. The minimum Gasteiger partial charge on any atom is -0.292 e. The molecule has 1 saturated heterocycles. The second kappa shape index (κ2) is 7.33. The fraction of sp³-hybridized carbons (Fsp3) is 0.368. The lowest BCUT2D eigenvalue weighted by Crippen LogP contribution is -2.39. The number of para-hydroxylation sites is 1. The van der Waals surface area contributed by atoms with Gasteiger partial charge in [-0.2, -0.15) is 0 Å². The van der Waals surface area contributed by atoms with Gasteiger partial charge in [0.05, 0.1) is 24.0 Å². The monoisotopic (exact) mass is 323 g/mol. The van der Waals surface area contributed by atoms with E-state index >= 15 is 0 Å². The molecule has 2 aromatic rings. The Bertz CT molecular complexity index is 921. The Hall–Kier alpha value is -2.58. The molecular weight excluding hydrogens is 302 g/mol. The Morgan fingerprint density at radius 1 is 1.04 bits per heavy atom. The first kappa shape index (κ1) is 16.3. The van der Waals surface area contributed by atoms with Gasteiger partial charge in [0, 0.05) is 6.54 Å². The van der Waals surface area contributed by atoms with Gasteiger partial charge in [0.2, 0.25) is 0 Å². The molecule has 5 nitrogen and oxygen atoms in total. The number of nitrogens with zero attached hydrogens (tertiary/aromatic N) is 3. The molecule has 0 radical (unpaired) electrons. The van der Waals surface area contributed by atoms with Gasteiger partial charge in [0.15, 0.2) is 0 Å². The Balaban J connectivity index is 1.97. The van der Waals surface area contributed by atoms with E-state index in [1.54, 1.807) is 28.8 Å². The fourth-order valence-corrected chi connectivity index (χ4v) is 3.06. The topological polar surface area (TPSA) is 47.2 Å². The number of allylic oxidation sites excluding steroid dienone is 1. The number of fused-ring (bicyclic) bond motifs is 1. The summed E-state index contributed by atoms with van der Waals surface area (Å²) in [5, 5.41) is 0.528. The minimum atomic E-state index is -0.339. The highest BCUT2D eigenvalue weighted by Crippen LogP contribution is 2.07. The van der Waals surface area contributed by atoms with Crippen molar-refractivity contribution in [2.24, 2.45) is 0 Å². The molecule has 1 aromatic carbocycles. The van der Waals surface area contributed by atoms with Gasteiger partial charge < -0.3 is 0 Å². The zero-order valence-corrected chi connectivity index (χ0v) is 13.7. The maximum Gasteiger partial charge on any atom is 0.332 e. The molecular formula is C19H21N3O2. The third kappa shape index (κ3) is 3.19. The van der Waals surface area contributed by atoms with Crippen LogP contribution >= 0.6 is 0 Å². The maximum atomic E-state index is 12.6. The summed E-state index contributed by atoms with van der Waals surface area (Å²) >= 11 is 0. The number of hydrogen-bond acceptors (Lipinski definition) is 3. The number of aromatic nitrogens is 2. The largest absolute Gasteiger partial charge is 0.332 e. The zero-order valence-electron chi connectivity index (χ0n) is 13.7. The summed E-state index contributed by atoms with van der Waals surface area (Å²) in [6.07, 6.45) is 4.03. The van der Waals surface area contributed by atoms with Crippen LogP contribution in [0, 0.1) is 11.8 Å². The molecule has 0 N–H and O–H groups in total. The van der Waals surface area contributed by atoms with E-state index in [0.29, 0.717) is 10.9 Å². The van der Waals surface area contributed by atoms with E-state index in [1.165, 1.54) is 17.4 Å². The van der Waals surface area contributed by atoms with Gasteiger partial charge in [-0.15, -0.1) is 6.58 Å². The Labute approximate surface area is 140 Å². The lowest BCUT2D eigenvalue weighted by molar-refractivity contribution is 0.383. The van der Waals surface area contributed by atoms with Crippen LogP contribution in [0.5, 0.6) is 0 Å². The van der Waals surface area contributed by atoms with Crippen LogP contribution in [0.1, 0.15) is 12.8 Å². The zero-order chi connectivity index (χ0) is 16.9.